The molecule has 0 aliphatic rings. The highest BCUT2D eigenvalue weighted by Crippen LogP contribution is 2.55. The van der Waals surface area contributed by atoms with Gasteiger partial charge in [-0.1, -0.05) is 0 Å². The largest absolute Gasteiger partial charge is 0.460 e. The molecule has 1 aromatic carbocycles. The van der Waals surface area contributed by atoms with Crippen LogP contribution in [0.2, 0.25) is 0 Å². The fraction of sp³-hybridized carbons (Fsp3) is 0.429. The third-order valence-electron chi connectivity index (χ3n) is 3.56. The molecule has 1 rings (SSSR count). The molecule has 0 fully saturated rings. The maximum Gasteiger partial charge on any atom is 0.460 e. The van der Waals surface area contributed by atoms with E-state index in [2.05, 4.69) is 4.74 Å². The summed E-state index contributed by atoms with van der Waals surface area (Å²) < 4.78 is 186. The highest BCUT2D eigenvalue weighted by molar-refractivity contribution is 5.40. The molecule has 0 aliphatic carbocycles. The monoisotopic (exact) mass is 488 g/mol. The molecule has 0 saturated heterocycles. The Morgan fingerprint density at radius 1 is 0.677 bits per heavy atom. The van der Waals surface area contributed by atoms with Crippen molar-refractivity contribution < 1.29 is 76.4 Å². The molecule has 0 aliphatic heterocycles. The van der Waals surface area contributed by atoms with Crippen LogP contribution in [0, 0.1) is 17.5 Å². The van der Waals surface area contributed by atoms with Crippen molar-refractivity contribution in [2.75, 3.05) is 0 Å². The van der Waals surface area contributed by atoms with Gasteiger partial charge in [-0.15, -0.1) is 0 Å². The van der Waals surface area contributed by atoms with Crippen LogP contribution >= 0.6 is 0 Å². The Morgan fingerprint density at radius 3 is 1.39 bits per heavy atom. The maximum absolute atomic E-state index is 13.8. The SMILES string of the molecule is OCc1c(F)c(CO)c(F)c(OC(F)=C(F)C(F)(F)C(F)(F)C(F)(F)C(F)(F)F)c1F. The second-order valence-electron chi connectivity index (χ2n) is 5.46. The lowest BCUT2D eigenvalue weighted by molar-refractivity contribution is -0.392. The Morgan fingerprint density at radius 2 is 1.06 bits per heavy atom. The number of hydrogen-bond donors (Lipinski definition) is 2. The standard InChI is InChI=1S/C14H6F14O3/c15-5-3(1-29)6(16)8(7(17)4(5)2-30)31-10(19)9(18)11(20,21)12(22,23)13(24,25)14(26,27)28/h29-30H,1-2H2. The van der Waals surface area contributed by atoms with E-state index in [-0.39, 0.29) is 0 Å². The second-order valence-corrected chi connectivity index (χ2v) is 5.46. The number of aliphatic hydroxyl groups is 2. The van der Waals surface area contributed by atoms with Gasteiger partial charge in [-0.2, -0.15) is 48.3 Å². The number of alkyl halides is 9. The first-order valence-electron chi connectivity index (χ1n) is 7.14. The van der Waals surface area contributed by atoms with Gasteiger partial charge in [-0.25, -0.2) is 13.2 Å². The van der Waals surface area contributed by atoms with Gasteiger partial charge in [-0.3, -0.25) is 0 Å². The molecule has 0 spiro atoms. The first-order valence-corrected chi connectivity index (χ1v) is 7.14. The first-order chi connectivity index (χ1) is 13.8. The minimum atomic E-state index is -7.67. The van der Waals surface area contributed by atoms with Crippen LogP contribution in [0.1, 0.15) is 11.1 Å². The van der Waals surface area contributed by atoms with Crippen LogP contribution in [0.3, 0.4) is 0 Å². The van der Waals surface area contributed by atoms with Gasteiger partial charge in [-0.05, 0) is 0 Å². The predicted octanol–water partition coefficient (Wildman–Crippen LogP) is 5.04. The van der Waals surface area contributed by atoms with Crippen molar-refractivity contribution in [1.82, 2.24) is 0 Å². The maximum atomic E-state index is 13.8. The number of halogens is 14. The van der Waals surface area contributed by atoms with E-state index in [1.54, 1.807) is 0 Å². The quantitative estimate of drug-likeness (QED) is 0.418. The third-order valence-corrected chi connectivity index (χ3v) is 3.56. The molecule has 0 heterocycles. The Hall–Kier alpha value is -2.30. The highest BCUT2D eigenvalue weighted by Gasteiger charge is 2.83. The molecule has 178 valence electrons. The molecule has 1 aromatic rings. The van der Waals surface area contributed by atoms with Crippen molar-refractivity contribution in [2.24, 2.45) is 0 Å². The van der Waals surface area contributed by atoms with E-state index in [1.165, 1.54) is 0 Å². The molecule has 31 heavy (non-hydrogen) atoms. The van der Waals surface area contributed by atoms with E-state index < -0.39 is 83.3 Å². The minimum Gasteiger partial charge on any atom is -0.423 e. The van der Waals surface area contributed by atoms with E-state index in [0.29, 0.717) is 0 Å². The Bertz CT molecular complexity index is 843. The molecule has 0 unspecified atom stereocenters. The summed E-state index contributed by atoms with van der Waals surface area (Å²) in [5.41, 5.74) is -3.26. The van der Waals surface area contributed by atoms with E-state index >= 15 is 0 Å². The summed E-state index contributed by atoms with van der Waals surface area (Å²) in [5, 5.41) is 17.5. The minimum absolute atomic E-state index is 1.63. The molecule has 17 heteroatoms. The molecular weight excluding hydrogens is 482 g/mol. The summed E-state index contributed by atoms with van der Waals surface area (Å²) in [6, 6.07) is -3.82. The van der Waals surface area contributed by atoms with Gasteiger partial charge in [0.15, 0.2) is 11.6 Å². The molecular formula is C14H6F14O3. The Labute approximate surface area is 161 Å². The molecule has 2 N–H and O–H groups in total. The molecule has 0 amide bonds. The summed E-state index contributed by atoms with van der Waals surface area (Å²) in [6.45, 7) is -3.39. The molecule has 0 radical (unpaired) electrons. The third kappa shape index (κ3) is 4.11. The molecule has 3 nitrogen and oxygen atoms in total. The number of ether oxygens (including phenoxy) is 1. The van der Waals surface area contributed by atoms with Gasteiger partial charge < -0.3 is 14.9 Å². The fourth-order valence-corrected chi connectivity index (χ4v) is 1.88. The average Bonchev–Trinajstić information content (AvgIpc) is 2.63. The van der Waals surface area contributed by atoms with Crippen LogP contribution in [0.4, 0.5) is 61.5 Å². The lowest BCUT2D eigenvalue weighted by atomic mass is 10.0. The number of allylic oxidation sites excluding steroid dienone is 1. The lowest BCUT2D eigenvalue weighted by Crippen LogP contribution is -2.61. The highest BCUT2D eigenvalue weighted by atomic mass is 19.4. The molecule has 0 aromatic heterocycles. The van der Waals surface area contributed by atoms with Gasteiger partial charge in [0.2, 0.25) is 11.6 Å². The van der Waals surface area contributed by atoms with Crippen LogP contribution in [0.15, 0.2) is 11.8 Å². The summed E-state index contributed by atoms with van der Waals surface area (Å²) in [5.74, 6) is -36.4. The zero-order valence-corrected chi connectivity index (χ0v) is 14.0. The normalized spacial score (nSPS) is 14.6. The predicted molar refractivity (Wildman–Crippen MR) is 68.9 cm³/mol. The Balaban J connectivity index is 3.62. The van der Waals surface area contributed by atoms with Crippen molar-refractivity contribution in [3.8, 4) is 5.75 Å². The smallest absolute Gasteiger partial charge is 0.423 e. The van der Waals surface area contributed by atoms with Crippen LogP contribution in [-0.2, 0) is 13.2 Å². The zero-order valence-electron chi connectivity index (χ0n) is 14.0. The van der Waals surface area contributed by atoms with Gasteiger partial charge >= 0.3 is 30.0 Å². The van der Waals surface area contributed by atoms with Crippen molar-refractivity contribution in [3.63, 3.8) is 0 Å². The van der Waals surface area contributed by atoms with E-state index in [0.717, 1.165) is 0 Å². The van der Waals surface area contributed by atoms with Gasteiger partial charge in [0, 0.05) is 0 Å². The molecule has 0 saturated carbocycles. The van der Waals surface area contributed by atoms with Crippen LogP contribution in [0.5, 0.6) is 5.75 Å². The number of aliphatic hydroxyl groups excluding tert-OH is 2. The van der Waals surface area contributed by atoms with Gasteiger partial charge in [0.25, 0.3) is 0 Å². The van der Waals surface area contributed by atoms with Crippen molar-refractivity contribution in [1.29, 1.82) is 0 Å². The topological polar surface area (TPSA) is 49.7 Å². The number of rotatable bonds is 7. The lowest BCUT2D eigenvalue weighted by Gasteiger charge is -2.32. The van der Waals surface area contributed by atoms with E-state index in [4.69, 9.17) is 10.2 Å². The fourth-order valence-electron chi connectivity index (χ4n) is 1.88. The number of benzene rings is 1. The Kier molecular flexibility index (Phi) is 7.18. The van der Waals surface area contributed by atoms with Gasteiger partial charge in [0.1, 0.15) is 5.82 Å². The summed E-state index contributed by atoms with van der Waals surface area (Å²) in [7, 11) is 0. The van der Waals surface area contributed by atoms with Gasteiger partial charge in [0.05, 0.1) is 24.3 Å². The summed E-state index contributed by atoms with van der Waals surface area (Å²) in [4.78, 5) is 0. The molecule has 0 bridgehead atoms. The molecule has 0 atom stereocenters. The first kappa shape index (κ1) is 26.7. The average molecular weight is 488 g/mol. The van der Waals surface area contributed by atoms with Crippen molar-refractivity contribution in [3.05, 3.63) is 40.4 Å². The van der Waals surface area contributed by atoms with Crippen molar-refractivity contribution >= 4 is 0 Å². The summed E-state index contributed by atoms with van der Waals surface area (Å²) in [6.07, 6.45) is -7.38. The van der Waals surface area contributed by atoms with Crippen LogP contribution in [-0.4, -0.2) is 34.2 Å². The van der Waals surface area contributed by atoms with E-state index in [1.807, 2.05) is 0 Å². The van der Waals surface area contributed by atoms with E-state index in [9.17, 15) is 61.5 Å². The summed E-state index contributed by atoms with van der Waals surface area (Å²) >= 11 is 0. The zero-order chi connectivity index (χ0) is 24.7. The van der Waals surface area contributed by atoms with Crippen LogP contribution in [0.25, 0.3) is 0 Å². The van der Waals surface area contributed by atoms with Crippen LogP contribution < -0.4 is 4.74 Å². The second kappa shape index (κ2) is 8.33. The van der Waals surface area contributed by atoms with Crippen molar-refractivity contribution in [2.45, 2.75) is 37.2 Å². The number of hydrogen-bond acceptors (Lipinski definition) is 3.